The molecule has 36 heavy (non-hydrogen) atoms. The molecular weight excluding hydrogens is 448 g/mol. The molecule has 0 atom stereocenters. The van der Waals surface area contributed by atoms with Crippen LogP contribution in [-0.4, -0.2) is 25.2 Å². The number of allylic oxidation sites excluding steroid dienone is 8. The van der Waals surface area contributed by atoms with Gasteiger partial charge in [-0.1, -0.05) is 113 Å². The molecule has 0 rings (SSSR count). The average molecular weight is 505 g/mol. The van der Waals surface area contributed by atoms with Gasteiger partial charge in [0.1, 0.15) is 0 Å². The summed E-state index contributed by atoms with van der Waals surface area (Å²) >= 11 is 0. The van der Waals surface area contributed by atoms with Crippen LogP contribution in [0.3, 0.4) is 0 Å². The van der Waals surface area contributed by atoms with Gasteiger partial charge in [-0.2, -0.15) is 0 Å². The lowest BCUT2D eigenvalue weighted by Crippen LogP contribution is -2.00. The van der Waals surface area contributed by atoms with Crippen molar-refractivity contribution >= 4 is 11.9 Å². The third kappa shape index (κ3) is 39.1. The van der Waals surface area contributed by atoms with Crippen molar-refractivity contribution < 1.29 is 19.1 Å². The highest BCUT2D eigenvalue weighted by atomic mass is 16.5. The summed E-state index contributed by atoms with van der Waals surface area (Å²) in [5.41, 5.74) is 0. The fourth-order valence-corrected chi connectivity index (χ4v) is 3.43. The number of rotatable bonds is 22. The van der Waals surface area contributed by atoms with Gasteiger partial charge in [-0.05, 0) is 51.9 Å². The number of ether oxygens (including phenoxy) is 2. The standard InChI is InChI=1S/C18H32O2.C14H24O2/c1-3-4-5-6-7-8-9-10-11-12-13-14-15-16-17-20-18(2)19;1-3-4-5-6-7-8-9-10-11-12-13-16-14(2)15/h4-7H,3,8-17H2,1-2H3;3-6H,7-13H2,1-2H3/b5-4-,7-6+;4-3-,6-5+. The Balaban J connectivity index is 0. The van der Waals surface area contributed by atoms with E-state index < -0.39 is 0 Å². The number of hydrogen-bond donors (Lipinski definition) is 0. The summed E-state index contributed by atoms with van der Waals surface area (Å²) in [6.07, 6.45) is 36.6. The first kappa shape index (κ1) is 36.1. The van der Waals surface area contributed by atoms with Gasteiger partial charge in [-0.25, -0.2) is 0 Å². The van der Waals surface area contributed by atoms with Gasteiger partial charge in [0, 0.05) is 13.8 Å². The number of hydrogen-bond acceptors (Lipinski definition) is 4. The zero-order valence-electron chi connectivity index (χ0n) is 24.0. The first-order valence-electron chi connectivity index (χ1n) is 14.4. The molecule has 0 aliphatic carbocycles. The van der Waals surface area contributed by atoms with Crippen LogP contribution >= 0.6 is 0 Å². The van der Waals surface area contributed by atoms with Gasteiger partial charge in [0.2, 0.25) is 0 Å². The van der Waals surface area contributed by atoms with Crippen molar-refractivity contribution in [2.45, 2.75) is 130 Å². The van der Waals surface area contributed by atoms with Crippen molar-refractivity contribution in [2.24, 2.45) is 0 Å². The molecular formula is C32H56O4. The molecule has 208 valence electrons. The highest BCUT2D eigenvalue weighted by Crippen LogP contribution is 2.10. The molecule has 0 unspecified atom stereocenters. The third-order valence-electron chi connectivity index (χ3n) is 5.45. The first-order chi connectivity index (χ1) is 17.5. The predicted octanol–water partition coefficient (Wildman–Crippen LogP) is 9.61. The minimum Gasteiger partial charge on any atom is -0.466 e. The summed E-state index contributed by atoms with van der Waals surface area (Å²) in [6.45, 7) is 8.27. The van der Waals surface area contributed by atoms with Gasteiger partial charge in [-0.3, -0.25) is 9.59 Å². The number of esters is 2. The summed E-state index contributed by atoms with van der Waals surface area (Å²) in [5, 5.41) is 0. The van der Waals surface area contributed by atoms with Crippen LogP contribution in [0, 0.1) is 0 Å². The second kappa shape index (κ2) is 32.9. The minimum absolute atomic E-state index is 0.163. The highest BCUT2D eigenvalue weighted by molar-refractivity contribution is 5.66. The van der Waals surface area contributed by atoms with Crippen LogP contribution in [0.2, 0.25) is 0 Å². The van der Waals surface area contributed by atoms with Crippen LogP contribution in [0.25, 0.3) is 0 Å². The van der Waals surface area contributed by atoms with Crippen molar-refractivity contribution in [1.29, 1.82) is 0 Å². The van der Waals surface area contributed by atoms with Gasteiger partial charge in [0.15, 0.2) is 0 Å². The molecule has 0 aromatic carbocycles. The summed E-state index contributed by atoms with van der Waals surface area (Å²) in [5.74, 6) is -0.335. The first-order valence-corrected chi connectivity index (χ1v) is 14.4. The van der Waals surface area contributed by atoms with Crippen LogP contribution in [0.1, 0.15) is 130 Å². The molecule has 0 amide bonds. The van der Waals surface area contributed by atoms with Crippen molar-refractivity contribution in [3.63, 3.8) is 0 Å². The van der Waals surface area contributed by atoms with Crippen LogP contribution in [0.15, 0.2) is 48.6 Å². The maximum absolute atomic E-state index is 10.5. The topological polar surface area (TPSA) is 52.6 Å². The van der Waals surface area contributed by atoms with E-state index in [1.807, 2.05) is 13.0 Å². The fraction of sp³-hybridized carbons (Fsp3) is 0.688. The summed E-state index contributed by atoms with van der Waals surface area (Å²) in [4.78, 5) is 21.0. The molecule has 0 aliphatic heterocycles. The minimum atomic E-state index is -0.172. The van der Waals surface area contributed by atoms with Crippen molar-refractivity contribution in [2.75, 3.05) is 13.2 Å². The lowest BCUT2D eigenvalue weighted by Gasteiger charge is -2.02. The largest absolute Gasteiger partial charge is 0.466 e. The molecule has 4 heteroatoms. The zero-order chi connectivity index (χ0) is 27.0. The van der Waals surface area contributed by atoms with E-state index in [9.17, 15) is 9.59 Å². The Morgan fingerprint density at radius 1 is 0.528 bits per heavy atom. The van der Waals surface area contributed by atoms with E-state index in [1.165, 1.54) is 84.5 Å². The van der Waals surface area contributed by atoms with Crippen LogP contribution in [0.4, 0.5) is 0 Å². The van der Waals surface area contributed by atoms with Crippen LogP contribution < -0.4 is 0 Å². The molecule has 4 nitrogen and oxygen atoms in total. The van der Waals surface area contributed by atoms with E-state index >= 15 is 0 Å². The molecule has 0 saturated heterocycles. The Morgan fingerprint density at radius 3 is 1.28 bits per heavy atom. The smallest absolute Gasteiger partial charge is 0.302 e. The molecule has 0 spiro atoms. The average Bonchev–Trinajstić information content (AvgIpc) is 2.85. The Labute approximate surface area is 223 Å². The number of unbranched alkanes of at least 4 members (excludes halogenated alkanes) is 13. The number of carbonyl (C=O) groups is 2. The highest BCUT2D eigenvalue weighted by Gasteiger charge is 1.95. The Bertz CT molecular complexity index is 587. The lowest BCUT2D eigenvalue weighted by molar-refractivity contribution is -0.142. The van der Waals surface area contributed by atoms with Gasteiger partial charge < -0.3 is 9.47 Å². The summed E-state index contributed by atoms with van der Waals surface area (Å²) in [7, 11) is 0. The van der Waals surface area contributed by atoms with E-state index in [1.54, 1.807) is 0 Å². The molecule has 0 saturated carbocycles. The monoisotopic (exact) mass is 504 g/mol. The Kier molecular flexibility index (Phi) is 33.0. The summed E-state index contributed by atoms with van der Waals surface area (Å²) in [6, 6.07) is 0. The zero-order valence-corrected chi connectivity index (χ0v) is 24.0. The molecule has 0 bridgehead atoms. The second-order valence-electron chi connectivity index (χ2n) is 9.07. The molecule has 0 N–H and O–H groups in total. The molecule has 0 heterocycles. The number of carbonyl (C=O) groups excluding carboxylic acids is 2. The van der Waals surface area contributed by atoms with Crippen LogP contribution in [0.5, 0.6) is 0 Å². The normalized spacial score (nSPS) is 11.4. The van der Waals surface area contributed by atoms with E-state index in [4.69, 9.17) is 9.47 Å². The van der Waals surface area contributed by atoms with E-state index in [-0.39, 0.29) is 11.9 Å². The third-order valence-corrected chi connectivity index (χ3v) is 5.45. The molecule has 0 aromatic rings. The van der Waals surface area contributed by atoms with E-state index in [0.717, 1.165) is 32.1 Å². The molecule has 0 aromatic heterocycles. The van der Waals surface area contributed by atoms with Gasteiger partial charge in [0.25, 0.3) is 0 Å². The molecule has 0 fully saturated rings. The SMILES string of the molecule is C/C=C\C=C\CCCCCCCOC(C)=O.CC/C=C\C=C\CCCCCCCCCCOC(C)=O. The van der Waals surface area contributed by atoms with Gasteiger partial charge in [0.05, 0.1) is 13.2 Å². The van der Waals surface area contributed by atoms with Crippen LogP contribution in [-0.2, 0) is 19.1 Å². The van der Waals surface area contributed by atoms with Gasteiger partial charge >= 0.3 is 11.9 Å². The summed E-state index contributed by atoms with van der Waals surface area (Å²) < 4.78 is 9.75. The Morgan fingerprint density at radius 2 is 0.889 bits per heavy atom. The molecule has 0 radical (unpaired) electrons. The van der Waals surface area contributed by atoms with Crippen molar-refractivity contribution in [1.82, 2.24) is 0 Å². The van der Waals surface area contributed by atoms with E-state index in [0.29, 0.717) is 13.2 Å². The van der Waals surface area contributed by atoms with Crippen molar-refractivity contribution in [3.8, 4) is 0 Å². The fourth-order valence-electron chi connectivity index (χ4n) is 3.43. The van der Waals surface area contributed by atoms with Gasteiger partial charge in [-0.15, -0.1) is 0 Å². The molecule has 0 aliphatic rings. The van der Waals surface area contributed by atoms with Crippen molar-refractivity contribution in [3.05, 3.63) is 48.6 Å². The second-order valence-corrected chi connectivity index (χ2v) is 9.07. The Hall–Kier alpha value is -2.10. The predicted molar refractivity (Wildman–Crippen MR) is 155 cm³/mol. The maximum atomic E-state index is 10.5. The lowest BCUT2D eigenvalue weighted by atomic mass is 10.1. The maximum Gasteiger partial charge on any atom is 0.302 e. The van der Waals surface area contributed by atoms with E-state index in [2.05, 4.69) is 49.5 Å². The quantitative estimate of drug-likeness (QED) is 0.0836.